The van der Waals surface area contributed by atoms with Crippen LogP contribution < -0.4 is 9.64 Å². The number of benzene rings is 2. The molecule has 2 aromatic carbocycles. The first-order valence-electron chi connectivity index (χ1n) is 8.35. The molecule has 3 rings (SSSR count). The van der Waals surface area contributed by atoms with Crippen molar-refractivity contribution in [1.29, 1.82) is 0 Å². The van der Waals surface area contributed by atoms with Crippen molar-refractivity contribution in [2.24, 2.45) is 5.10 Å². The Kier molecular flexibility index (Phi) is 5.96. The van der Waals surface area contributed by atoms with Crippen molar-refractivity contribution in [2.45, 2.75) is 0 Å². The van der Waals surface area contributed by atoms with Gasteiger partial charge in [-0.1, -0.05) is 54.1 Å². The second kappa shape index (κ2) is 8.58. The molecule has 5 heteroatoms. The maximum absolute atomic E-state index is 6.26. The summed E-state index contributed by atoms with van der Waals surface area (Å²) in [5.41, 5.74) is 2.20. The average Bonchev–Trinajstić information content (AvgIpc) is 2.67. The zero-order valence-corrected chi connectivity index (χ0v) is 15.1. The molecule has 0 atom stereocenters. The molecule has 0 bridgehead atoms. The molecule has 0 aromatic heterocycles. The predicted octanol–water partition coefficient (Wildman–Crippen LogP) is 4.08. The Morgan fingerprint density at radius 1 is 1.00 bits per heavy atom. The number of halogens is 1. The van der Waals surface area contributed by atoms with Crippen molar-refractivity contribution in [1.82, 2.24) is 5.01 Å². The van der Waals surface area contributed by atoms with Gasteiger partial charge in [0.1, 0.15) is 5.75 Å². The molecule has 1 heterocycles. The number of para-hydroxylation sites is 2. The van der Waals surface area contributed by atoms with E-state index in [0.29, 0.717) is 5.03 Å². The molecule has 130 valence electrons. The lowest BCUT2D eigenvalue weighted by molar-refractivity contribution is 0.271. The molecule has 25 heavy (non-hydrogen) atoms. The Morgan fingerprint density at radius 3 is 2.40 bits per heavy atom. The van der Waals surface area contributed by atoms with E-state index in [1.165, 1.54) is 0 Å². The van der Waals surface area contributed by atoms with Crippen LogP contribution in [0.2, 0.25) is 0 Å². The van der Waals surface area contributed by atoms with E-state index in [9.17, 15) is 0 Å². The molecular weight excluding hydrogens is 334 g/mol. The summed E-state index contributed by atoms with van der Waals surface area (Å²) in [6, 6.07) is 18.1. The minimum atomic E-state index is 0.623. The van der Waals surface area contributed by atoms with Crippen LogP contribution in [0.5, 0.6) is 5.75 Å². The van der Waals surface area contributed by atoms with Crippen LogP contribution in [0.15, 0.2) is 64.7 Å². The molecule has 4 nitrogen and oxygen atoms in total. The van der Waals surface area contributed by atoms with Crippen LogP contribution in [0.1, 0.15) is 5.56 Å². The molecule has 1 fully saturated rings. The molecule has 0 spiro atoms. The van der Waals surface area contributed by atoms with Crippen LogP contribution in [0.25, 0.3) is 6.08 Å². The topological polar surface area (TPSA) is 28.1 Å². The Labute approximate surface area is 154 Å². The normalized spacial score (nSPS) is 15.7. The standard InChI is InChI=1S/C20H22ClN3O/c1-25-20-10-6-5-9-19(20)23-11-13-24(14-12-23)22-16-18(21)15-17-7-3-2-4-8-17/h2-10,15-16H,11-14H2,1H3/b18-15?,22-16+. The van der Waals surface area contributed by atoms with Gasteiger partial charge in [0.25, 0.3) is 0 Å². The summed E-state index contributed by atoms with van der Waals surface area (Å²) in [6.45, 7) is 3.50. The molecule has 1 aliphatic rings. The van der Waals surface area contributed by atoms with Crippen LogP contribution in [0, 0.1) is 0 Å². The lowest BCUT2D eigenvalue weighted by Crippen LogP contribution is -2.44. The van der Waals surface area contributed by atoms with E-state index in [0.717, 1.165) is 43.2 Å². The van der Waals surface area contributed by atoms with Crippen LogP contribution >= 0.6 is 11.6 Å². The van der Waals surface area contributed by atoms with Gasteiger partial charge in [0.15, 0.2) is 0 Å². The van der Waals surface area contributed by atoms with Gasteiger partial charge in [-0.2, -0.15) is 5.10 Å². The Morgan fingerprint density at radius 2 is 1.68 bits per heavy atom. The van der Waals surface area contributed by atoms with Gasteiger partial charge in [-0.05, 0) is 23.8 Å². The third kappa shape index (κ3) is 4.77. The maximum Gasteiger partial charge on any atom is 0.142 e. The second-order valence-corrected chi connectivity index (χ2v) is 6.23. The number of hydrogen-bond acceptors (Lipinski definition) is 4. The molecule has 1 saturated heterocycles. The van der Waals surface area contributed by atoms with E-state index in [1.807, 2.05) is 59.6 Å². The van der Waals surface area contributed by atoms with E-state index in [-0.39, 0.29) is 0 Å². The number of methoxy groups -OCH3 is 1. The summed E-state index contributed by atoms with van der Waals surface area (Å²) in [7, 11) is 1.71. The van der Waals surface area contributed by atoms with Crippen molar-refractivity contribution in [3.63, 3.8) is 0 Å². The van der Waals surface area contributed by atoms with Gasteiger partial charge < -0.3 is 9.64 Å². The molecule has 1 aliphatic heterocycles. The highest BCUT2D eigenvalue weighted by molar-refractivity contribution is 6.41. The molecule has 0 N–H and O–H groups in total. The number of rotatable bonds is 5. The summed E-state index contributed by atoms with van der Waals surface area (Å²) >= 11 is 6.26. The van der Waals surface area contributed by atoms with Crippen LogP contribution in [0.4, 0.5) is 5.69 Å². The first-order valence-corrected chi connectivity index (χ1v) is 8.73. The summed E-state index contributed by atoms with van der Waals surface area (Å²) in [5, 5.41) is 7.17. The number of allylic oxidation sites excluding steroid dienone is 1. The fraction of sp³-hybridized carbons (Fsp3) is 0.250. The number of hydrazone groups is 1. The quantitative estimate of drug-likeness (QED) is 0.756. The van der Waals surface area contributed by atoms with E-state index >= 15 is 0 Å². The van der Waals surface area contributed by atoms with Gasteiger partial charge in [-0.15, -0.1) is 0 Å². The monoisotopic (exact) mass is 355 g/mol. The summed E-state index contributed by atoms with van der Waals surface area (Å²) < 4.78 is 5.45. The van der Waals surface area contributed by atoms with E-state index in [1.54, 1.807) is 13.3 Å². The van der Waals surface area contributed by atoms with Crippen molar-refractivity contribution < 1.29 is 4.74 Å². The molecule has 0 amide bonds. The molecule has 0 saturated carbocycles. The van der Waals surface area contributed by atoms with E-state index in [4.69, 9.17) is 16.3 Å². The Hall–Kier alpha value is -2.46. The SMILES string of the molecule is COc1ccccc1N1CCN(/N=C/C(Cl)=Cc2ccccc2)CC1. The van der Waals surface area contributed by atoms with Gasteiger partial charge in [0, 0.05) is 13.1 Å². The Bertz CT molecular complexity index is 738. The van der Waals surface area contributed by atoms with Crippen molar-refractivity contribution in [2.75, 3.05) is 38.2 Å². The highest BCUT2D eigenvalue weighted by Gasteiger charge is 2.18. The summed E-state index contributed by atoms with van der Waals surface area (Å²) in [6.07, 6.45) is 3.63. The van der Waals surface area contributed by atoms with E-state index in [2.05, 4.69) is 16.1 Å². The van der Waals surface area contributed by atoms with Crippen LogP contribution in [-0.2, 0) is 0 Å². The van der Waals surface area contributed by atoms with Gasteiger partial charge in [0.2, 0.25) is 0 Å². The number of anilines is 1. The van der Waals surface area contributed by atoms with Gasteiger partial charge >= 0.3 is 0 Å². The zero-order chi connectivity index (χ0) is 17.5. The fourth-order valence-electron chi connectivity index (χ4n) is 2.83. The van der Waals surface area contributed by atoms with Gasteiger partial charge in [-0.3, -0.25) is 5.01 Å². The number of nitrogens with zero attached hydrogens (tertiary/aromatic N) is 3. The minimum absolute atomic E-state index is 0.623. The smallest absolute Gasteiger partial charge is 0.142 e. The van der Waals surface area contributed by atoms with Crippen molar-refractivity contribution in [3.05, 3.63) is 65.2 Å². The lowest BCUT2D eigenvalue weighted by Gasteiger charge is -2.35. The summed E-state index contributed by atoms with van der Waals surface area (Å²) in [4.78, 5) is 2.33. The maximum atomic E-state index is 6.26. The first kappa shape index (κ1) is 17.4. The molecule has 2 aromatic rings. The highest BCUT2D eigenvalue weighted by Crippen LogP contribution is 2.28. The first-order chi connectivity index (χ1) is 12.3. The van der Waals surface area contributed by atoms with Gasteiger partial charge in [-0.25, -0.2) is 0 Å². The highest BCUT2D eigenvalue weighted by atomic mass is 35.5. The second-order valence-electron chi connectivity index (χ2n) is 5.80. The largest absolute Gasteiger partial charge is 0.495 e. The number of hydrogen-bond donors (Lipinski definition) is 0. The van der Waals surface area contributed by atoms with Crippen LogP contribution in [0.3, 0.4) is 0 Å². The fourth-order valence-corrected chi connectivity index (χ4v) is 3.00. The van der Waals surface area contributed by atoms with Crippen molar-refractivity contribution in [3.8, 4) is 5.75 Å². The minimum Gasteiger partial charge on any atom is -0.495 e. The lowest BCUT2D eigenvalue weighted by atomic mass is 10.2. The Balaban J connectivity index is 1.56. The number of piperazine rings is 1. The molecule has 0 aliphatic carbocycles. The van der Waals surface area contributed by atoms with E-state index < -0.39 is 0 Å². The average molecular weight is 356 g/mol. The summed E-state index contributed by atoms with van der Waals surface area (Å²) in [5.74, 6) is 0.910. The van der Waals surface area contributed by atoms with Crippen LogP contribution in [-0.4, -0.2) is 44.5 Å². The van der Waals surface area contributed by atoms with Gasteiger partial charge in [0.05, 0.1) is 37.1 Å². The zero-order valence-electron chi connectivity index (χ0n) is 14.3. The molecular formula is C20H22ClN3O. The van der Waals surface area contributed by atoms with Crippen molar-refractivity contribution >= 4 is 29.6 Å². The molecule has 0 radical (unpaired) electrons. The molecule has 0 unspecified atom stereocenters. The number of ether oxygens (including phenoxy) is 1. The third-order valence-electron chi connectivity index (χ3n) is 4.13. The third-order valence-corrected chi connectivity index (χ3v) is 4.34. The predicted molar refractivity (Wildman–Crippen MR) is 106 cm³/mol.